The van der Waals surface area contributed by atoms with Crippen molar-refractivity contribution in [1.29, 1.82) is 0 Å². The number of halogens is 1. The van der Waals surface area contributed by atoms with Gasteiger partial charge in [-0.15, -0.1) is 0 Å². The molecule has 0 aliphatic heterocycles. The van der Waals surface area contributed by atoms with E-state index in [4.69, 9.17) is 5.73 Å². The second kappa shape index (κ2) is 5.70. The highest BCUT2D eigenvalue weighted by molar-refractivity contribution is 5.83. The first-order chi connectivity index (χ1) is 10.1. The van der Waals surface area contributed by atoms with Crippen LogP contribution in [0.4, 0.5) is 4.39 Å². The van der Waals surface area contributed by atoms with Crippen LogP contribution in [0, 0.1) is 5.82 Å². The van der Waals surface area contributed by atoms with Crippen LogP contribution in [0.5, 0.6) is 0 Å². The number of fused-ring (bicyclic) bond motifs is 1. The van der Waals surface area contributed by atoms with Crippen molar-refractivity contribution in [3.8, 4) is 0 Å². The van der Waals surface area contributed by atoms with Crippen LogP contribution in [0.25, 0.3) is 10.9 Å². The van der Waals surface area contributed by atoms with E-state index in [2.05, 4.69) is 35.0 Å². The van der Waals surface area contributed by atoms with Gasteiger partial charge < -0.3 is 10.3 Å². The van der Waals surface area contributed by atoms with Crippen LogP contribution >= 0.6 is 0 Å². The Morgan fingerprint density at radius 1 is 1.10 bits per heavy atom. The molecule has 3 heteroatoms. The third kappa shape index (κ3) is 2.98. The van der Waals surface area contributed by atoms with Crippen molar-refractivity contribution in [1.82, 2.24) is 4.57 Å². The van der Waals surface area contributed by atoms with Crippen LogP contribution in [0.15, 0.2) is 54.7 Å². The Morgan fingerprint density at radius 3 is 2.57 bits per heavy atom. The SMILES string of the molecule is CC(N)Cc1cccc2c1ccn2Cc1ccc(F)cc1. The van der Waals surface area contributed by atoms with Crippen molar-refractivity contribution in [2.24, 2.45) is 5.73 Å². The number of hydrogen-bond donors (Lipinski definition) is 1. The quantitative estimate of drug-likeness (QED) is 0.777. The van der Waals surface area contributed by atoms with Gasteiger partial charge in [-0.2, -0.15) is 0 Å². The highest BCUT2D eigenvalue weighted by Crippen LogP contribution is 2.22. The first-order valence-electron chi connectivity index (χ1n) is 7.20. The van der Waals surface area contributed by atoms with Crippen molar-refractivity contribution >= 4 is 10.9 Å². The first-order valence-corrected chi connectivity index (χ1v) is 7.20. The molecule has 0 aliphatic carbocycles. The van der Waals surface area contributed by atoms with Crippen LogP contribution < -0.4 is 5.73 Å². The second-order valence-electron chi connectivity index (χ2n) is 5.60. The molecule has 0 spiro atoms. The van der Waals surface area contributed by atoms with E-state index in [0.29, 0.717) is 0 Å². The fourth-order valence-electron chi connectivity index (χ4n) is 2.74. The van der Waals surface area contributed by atoms with Crippen molar-refractivity contribution in [2.45, 2.75) is 25.9 Å². The Labute approximate surface area is 124 Å². The molecule has 0 amide bonds. The van der Waals surface area contributed by atoms with Crippen molar-refractivity contribution < 1.29 is 4.39 Å². The van der Waals surface area contributed by atoms with Crippen LogP contribution in [0.2, 0.25) is 0 Å². The normalized spacial score (nSPS) is 12.7. The summed E-state index contributed by atoms with van der Waals surface area (Å²) in [7, 11) is 0. The third-order valence-electron chi connectivity index (χ3n) is 3.71. The maximum Gasteiger partial charge on any atom is 0.123 e. The summed E-state index contributed by atoms with van der Waals surface area (Å²) in [4.78, 5) is 0. The summed E-state index contributed by atoms with van der Waals surface area (Å²) in [6.07, 6.45) is 2.95. The fourth-order valence-corrected chi connectivity index (χ4v) is 2.74. The molecule has 21 heavy (non-hydrogen) atoms. The van der Waals surface area contributed by atoms with E-state index in [0.717, 1.165) is 18.5 Å². The van der Waals surface area contributed by atoms with Gasteiger partial charge in [-0.25, -0.2) is 4.39 Å². The minimum absolute atomic E-state index is 0.149. The zero-order valence-electron chi connectivity index (χ0n) is 12.1. The molecule has 3 rings (SSSR count). The summed E-state index contributed by atoms with van der Waals surface area (Å²) >= 11 is 0. The predicted molar refractivity (Wildman–Crippen MR) is 84.8 cm³/mol. The minimum atomic E-state index is -0.199. The summed E-state index contributed by atoms with van der Waals surface area (Å²) < 4.78 is 15.2. The van der Waals surface area contributed by atoms with Gasteiger partial charge in [0.15, 0.2) is 0 Å². The zero-order valence-corrected chi connectivity index (χ0v) is 12.1. The number of benzene rings is 2. The lowest BCUT2D eigenvalue weighted by Gasteiger charge is -2.09. The maximum absolute atomic E-state index is 13.0. The lowest BCUT2D eigenvalue weighted by Crippen LogP contribution is -2.17. The molecule has 2 aromatic carbocycles. The van der Waals surface area contributed by atoms with Gasteiger partial charge in [-0.3, -0.25) is 0 Å². The number of aromatic nitrogens is 1. The summed E-state index contributed by atoms with van der Waals surface area (Å²) in [5.41, 5.74) is 9.48. The van der Waals surface area contributed by atoms with E-state index in [9.17, 15) is 4.39 Å². The Bertz CT molecular complexity index is 742. The van der Waals surface area contributed by atoms with Crippen LogP contribution in [0.1, 0.15) is 18.1 Å². The van der Waals surface area contributed by atoms with Gasteiger partial charge in [0.1, 0.15) is 5.82 Å². The lowest BCUT2D eigenvalue weighted by atomic mass is 10.0. The molecule has 2 N–H and O–H groups in total. The molecular weight excluding hydrogens is 263 g/mol. The smallest absolute Gasteiger partial charge is 0.123 e. The molecule has 1 heterocycles. The standard InChI is InChI=1S/C18H19FN2/c1-13(20)11-15-3-2-4-18-17(15)9-10-21(18)12-14-5-7-16(19)8-6-14/h2-10,13H,11-12,20H2,1H3. The monoisotopic (exact) mass is 282 g/mol. The van der Waals surface area contributed by atoms with Crippen LogP contribution in [0.3, 0.4) is 0 Å². The Hall–Kier alpha value is -2.13. The minimum Gasteiger partial charge on any atom is -0.343 e. The van der Waals surface area contributed by atoms with E-state index < -0.39 is 0 Å². The highest BCUT2D eigenvalue weighted by Gasteiger charge is 2.07. The van der Waals surface area contributed by atoms with E-state index >= 15 is 0 Å². The molecule has 0 saturated carbocycles. The van der Waals surface area contributed by atoms with E-state index in [1.807, 2.05) is 19.1 Å². The van der Waals surface area contributed by atoms with Crippen LogP contribution in [-0.4, -0.2) is 10.6 Å². The average molecular weight is 282 g/mol. The zero-order chi connectivity index (χ0) is 14.8. The predicted octanol–water partition coefficient (Wildman–Crippen LogP) is 3.72. The lowest BCUT2D eigenvalue weighted by molar-refractivity contribution is 0.626. The number of nitrogens with zero attached hydrogens (tertiary/aromatic N) is 1. The summed E-state index contributed by atoms with van der Waals surface area (Å²) in [6, 6.07) is 15.3. The van der Waals surface area contributed by atoms with E-state index in [1.165, 1.54) is 28.6 Å². The number of rotatable bonds is 4. The molecule has 0 bridgehead atoms. The summed E-state index contributed by atoms with van der Waals surface area (Å²) in [5.74, 6) is -0.199. The summed E-state index contributed by atoms with van der Waals surface area (Å²) in [5, 5.41) is 1.25. The van der Waals surface area contributed by atoms with Gasteiger partial charge in [0.2, 0.25) is 0 Å². The largest absolute Gasteiger partial charge is 0.343 e. The summed E-state index contributed by atoms with van der Waals surface area (Å²) in [6.45, 7) is 2.76. The third-order valence-corrected chi connectivity index (χ3v) is 3.71. The maximum atomic E-state index is 13.0. The molecular formula is C18H19FN2. The fraction of sp³-hybridized carbons (Fsp3) is 0.222. The van der Waals surface area contributed by atoms with Gasteiger partial charge >= 0.3 is 0 Å². The Morgan fingerprint density at radius 2 is 1.86 bits per heavy atom. The molecule has 3 aromatic rings. The molecule has 0 radical (unpaired) electrons. The van der Waals surface area contributed by atoms with Crippen molar-refractivity contribution in [3.63, 3.8) is 0 Å². The molecule has 1 aromatic heterocycles. The van der Waals surface area contributed by atoms with Gasteiger partial charge in [0, 0.05) is 29.7 Å². The van der Waals surface area contributed by atoms with Gasteiger partial charge in [-0.05, 0) is 48.7 Å². The molecule has 108 valence electrons. The molecule has 1 unspecified atom stereocenters. The first kappa shape index (κ1) is 13.8. The number of hydrogen-bond acceptors (Lipinski definition) is 1. The Balaban J connectivity index is 1.95. The number of nitrogens with two attached hydrogens (primary N) is 1. The molecule has 0 saturated heterocycles. The average Bonchev–Trinajstić information content (AvgIpc) is 2.85. The van der Waals surface area contributed by atoms with Crippen molar-refractivity contribution in [3.05, 3.63) is 71.7 Å². The highest BCUT2D eigenvalue weighted by atomic mass is 19.1. The molecule has 0 fully saturated rings. The van der Waals surface area contributed by atoms with Gasteiger partial charge in [0.05, 0.1) is 0 Å². The molecule has 0 aliphatic rings. The molecule has 2 nitrogen and oxygen atoms in total. The van der Waals surface area contributed by atoms with E-state index in [1.54, 1.807) is 0 Å². The van der Waals surface area contributed by atoms with Gasteiger partial charge in [-0.1, -0.05) is 24.3 Å². The Kier molecular flexibility index (Phi) is 3.76. The second-order valence-corrected chi connectivity index (χ2v) is 5.60. The van der Waals surface area contributed by atoms with E-state index in [-0.39, 0.29) is 11.9 Å². The van der Waals surface area contributed by atoms with Gasteiger partial charge in [0.25, 0.3) is 0 Å². The molecule has 1 atom stereocenters. The van der Waals surface area contributed by atoms with Crippen LogP contribution in [-0.2, 0) is 13.0 Å². The van der Waals surface area contributed by atoms with Crippen molar-refractivity contribution in [2.75, 3.05) is 0 Å². The topological polar surface area (TPSA) is 30.9 Å².